The van der Waals surface area contributed by atoms with E-state index in [0.717, 1.165) is 0 Å². The van der Waals surface area contributed by atoms with Gasteiger partial charge in [0.05, 0.1) is 12.7 Å². The zero-order valence-corrected chi connectivity index (χ0v) is 17.9. The van der Waals surface area contributed by atoms with Crippen molar-refractivity contribution < 1.29 is 27.7 Å². The molecule has 0 bridgehead atoms. The van der Waals surface area contributed by atoms with Crippen LogP contribution < -0.4 is 0 Å². The van der Waals surface area contributed by atoms with E-state index in [0.29, 0.717) is 0 Å². The van der Waals surface area contributed by atoms with Crippen molar-refractivity contribution in [2.75, 3.05) is 6.61 Å². The molecule has 0 amide bonds. The van der Waals surface area contributed by atoms with Gasteiger partial charge in [-0.1, -0.05) is 0 Å². The van der Waals surface area contributed by atoms with Gasteiger partial charge in [-0.15, -0.1) is 0 Å². The van der Waals surface area contributed by atoms with Crippen molar-refractivity contribution in [3.8, 4) is 0 Å². The van der Waals surface area contributed by atoms with Crippen molar-refractivity contribution in [3.05, 3.63) is 0 Å². The maximum absolute atomic E-state index is 8.74. The Morgan fingerprint density at radius 3 is 1.35 bits per heavy atom. The van der Waals surface area contributed by atoms with Gasteiger partial charge in [0.15, 0.2) is 0 Å². The average Bonchev–Trinajstić information content (AvgIpc) is 2.44. The van der Waals surface area contributed by atoms with E-state index in [4.69, 9.17) is 27.7 Å². The maximum atomic E-state index is 8.74. The SMILES string of the molecule is CC(O)CO.CCCCCCCCCCC[CH2][Na].O=S(=O)(O)O. The Morgan fingerprint density at radius 2 is 1.13 bits per heavy atom. The molecule has 6 nitrogen and oxygen atoms in total. The molecule has 1 atom stereocenters. The van der Waals surface area contributed by atoms with Gasteiger partial charge in [0.25, 0.3) is 0 Å². The van der Waals surface area contributed by atoms with Crippen molar-refractivity contribution in [2.24, 2.45) is 0 Å². The molecule has 4 N–H and O–H groups in total. The topological polar surface area (TPSA) is 115 Å². The summed E-state index contributed by atoms with van der Waals surface area (Å²) in [6.45, 7) is 3.67. The first kappa shape index (κ1) is 28.6. The summed E-state index contributed by atoms with van der Waals surface area (Å²) in [4.78, 5) is 0. The first-order valence-electron chi connectivity index (χ1n) is 8.67. The van der Waals surface area contributed by atoms with Crippen LogP contribution in [0.15, 0.2) is 0 Å². The molecule has 0 saturated carbocycles. The van der Waals surface area contributed by atoms with E-state index in [1.165, 1.54) is 103 Å². The normalized spacial score (nSPS) is 11.8. The molecule has 138 valence electrons. The summed E-state index contributed by atoms with van der Waals surface area (Å²) in [7, 11) is -4.67. The summed E-state index contributed by atoms with van der Waals surface area (Å²) >= 11 is 1.41. The third kappa shape index (κ3) is 60.2. The number of unbranched alkanes of at least 4 members (excludes halogenated alkanes) is 9. The largest absolute Gasteiger partial charge is 0.394 e. The molecule has 1 unspecified atom stereocenters. The van der Waals surface area contributed by atoms with Crippen molar-refractivity contribution in [1.29, 1.82) is 0 Å². The van der Waals surface area contributed by atoms with Crippen LogP contribution in [0.3, 0.4) is 0 Å². The van der Waals surface area contributed by atoms with Gasteiger partial charge in [0.2, 0.25) is 0 Å². The summed E-state index contributed by atoms with van der Waals surface area (Å²) in [5.74, 6) is 0. The monoisotopic (exact) mass is 366 g/mol. The van der Waals surface area contributed by atoms with E-state index < -0.39 is 16.5 Å². The first-order chi connectivity index (χ1) is 10.7. The third-order valence-electron chi connectivity index (χ3n) is 2.97. The van der Waals surface area contributed by atoms with Gasteiger partial charge in [0, 0.05) is 0 Å². The number of hydrogen-bond donors (Lipinski definition) is 4. The van der Waals surface area contributed by atoms with Crippen molar-refractivity contribution in [2.45, 2.75) is 87.8 Å². The molecule has 0 saturated heterocycles. The van der Waals surface area contributed by atoms with Crippen LogP contribution in [0.25, 0.3) is 0 Å². The van der Waals surface area contributed by atoms with Crippen LogP contribution in [-0.2, 0) is 10.4 Å². The Kier molecular flexibility index (Phi) is 28.3. The Hall–Kier alpha value is 0.790. The smallest absolute Gasteiger partial charge is 0.264 e. The second kappa shape index (κ2) is 22.8. The van der Waals surface area contributed by atoms with E-state index in [-0.39, 0.29) is 6.61 Å². The summed E-state index contributed by atoms with van der Waals surface area (Å²) < 4.78 is 33.1. The van der Waals surface area contributed by atoms with Crippen LogP contribution in [0.1, 0.15) is 78.1 Å². The van der Waals surface area contributed by atoms with Crippen LogP contribution in [0.2, 0.25) is 3.67 Å². The molecule has 8 heteroatoms. The fraction of sp³-hybridized carbons (Fsp3) is 1.00. The quantitative estimate of drug-likeness (QED) is 0.254. The molecule has 0 radical (unpaired) electrons. The van der Waals surface area contributed by atoms with Gasteiger partial charge in [-0.3, -0.25) is 9.11 Å². The summed E-state index contributed by atoms with van der Waals surface area (Å²) in [5, 5.41) is 16.0. The van der Waals surface area contributed by atoms with Crippen molar-refractivity contribution in [1.82, 2.24) is 0 Å². The second-order valence-electron chi connectivity index (χ2n) is 5.66. The molecule has 0 fully saturated rings. The average molecular weight is 366 g/mol. The molecule has 0 aliphatic heterocycles. The Balaban J connectivity index is -0.000000329. The van der Waals surface area contributed by atoms with E-state index >= 15 is 0 Å². The Labute approximate surface area is 160 Å². The van der Waals surface area contributed by atoms with Gasteiger partial charge in [-0.05, 0) is 6.92 Å². The standard InChI is InChI=1S/C12H25.C3H8O2.Na.H2O4S/c1-3-5-7-9-11-12-10-8-6-4-2;1-3(5)2-4;;1-5(2,3)4/h1,3-12H2,2H3;3-5H,2H2,1H3;;(H2,1,2,3,4). The summed E-state index contributed by atoms with van der Waals surface area (Å²) in [5.41, 5.74) is 0. The van der Waals surface area contributed by atoms with Crippen LogP contribution >= 0.6 is 0 Å². The third-order valence-corrected chi connectivity index (χ3v) is 3.68. The molecule has 0 aromatic heterocycles. The minimum absolute atomic E-state index is 0.139. The van der Waals surface area contributed by atoms with Gasteiger partial charge in [-0.2, -0.15) is 8.42 Å². The Bertz CT molecular complexity index is 278. The Morgan fingerprint density at radius 1 is 0.870 bits per heavy atom. The van der Waals surface area contributed by atoms with E-state index in [9.17, 15) is 0 Å². The predicted octanol–water partition coefficient (Wildman–Crippen LogP) is 3.20. The van der Waals surface area contributed by atoms with Crippen LogP contribution in [-0.4, -0.2) is 68.4 Å². The van der Waals surface area contributed by atoms with Gasteiger partial charge in [-0.25, -0.2) is 0 Å². The van der Waals surface area contributed by atoms with Crippen LogP contribution in [0, 0.1) is 0 Å². The van der Waals surface area contributed by atoms with Crippen molar-refractivity contribution in [3.63, 3.8) is 0 Å². The first-order valence-corrected chi connectivity index (χ1v) is 11.5. The summed E-state index contributed by atoms with van der Waals surface area (Å²) in [6, 6.07) is 0. The molecule has 0 spiro atoms. The molecule has 0 aliphatic carbocycles. The minimum atomic E-state index is -4.67. The van der Waals surface area contributed by atoms with Crippen molar-refractivity contribution >= 4 is 38.3 Å². The van der Waals surface area contributed by atoms with E-state index in [2.05, 4.69) is 6.92 Å². The zero-order valence-electron chi connectivity index (χ0n) is 15.1. The number of hydrogen-bond acceptors (Lipinski definition) is 4. The second-order valence-corrected chi connectivity index (χ2v) is 7.56. The minimum Gasteiger partial charge on any atom is -0.264 e. The number of rotatable bonds is 11. The molecule has 23 heavy (non-hydrogen) atoms. The van der Waals surface area contributed by atoms with Crippen LogP contribution in [0.5, 0.6) is 0 Å². The molecule has 0 aliphatic rings. The number of aliphatic hydroxyl groups is 2. The van der Waals surface area contributed by atoms with Gasteiger partial charge < -0.3 is 10.2 Å². The fourth-order valence-electron chi connectivity index (χ4n) is 1.74. The molecule has 0 aromatic carbocycles. The van der Waals surface area contributed by atoms with Crippen LogP contribution in [0.4, 0.5) is 0 Å². The van der Waals surface area contributed by atoms with Gasteiger partial charge in [0.1, 0.15) is 0 Å². The molecule has 0 rings (SSSR count). The summed E-state index contributed by atoms with van der Waals surface area (Å²) in [6.07, 6.45) is 14.2. The predicted molar refractivity (Wildman–Crippen MR) is 95.3 cm³/mol. The number of aliphatic hydroxyl groups excluding tert-OH is 2. The van der Waals surface area contributed by atoms with Gasteiger partial charge >= 0.3 is 113 Å². The molecular weight excluding hydrogens is 331 g/mol. The van der Waals surface area contributed by atoms with E-state index in [1.54, 1.807) is 0 Å². The van der Waals surface area contributed by atoms with E-state index in [1.807, 2.05) is 0 Å². The molecule has 0 aromatic rings. The molecular formula is C15H35NaO6S. The maximum Gasteiger partial charge on any atom is 0.394 e. The molecule has 0 heterocycles. The zero-order chi connectivity index (χ0) is 18.6. The fourth-order valence-corrected chi connectivity index (χ4v) is 2.24.